The Morgan fingerprint density at radius 3 is 2.70 bits per heavy atom. The second kappa shape index (κ2) is 11.7. The molecule has 4 aromatic rings. The van der Waals surface area contributed by atoms with E-state index in [0.717, 1.165) is 29.5 Å². The summed E-state index contributed by atoms with van der Waals surface area (Å²) in [6.07, 6.45) is 5.86. The normalized spacial score (nSPS) is 17.1. The highest BCUT2D eigenvalue weighted by atomic mass is 32.2. The van der Waals surface area contributed by atoms with Crippen LogP contribution in [0.3, 0.4) is 0 Å². The molecule has 1 atom stereocenters. The van der Waals surface area contributed by atoms with Gasteiger partial charge in [0.25, 0.3) is 0 Å². The molecule has 230 valence electrons. The van der Waals surface area contributed by atoms with E-state index in [0.29, 0.717) is 30.9 Å². The third-order valence-electron chi connectivity index (χ3n) is 7.62. The lowest BCUT2D eigenvalue weighted by Gasteiger charge is -2.37. The maximum absolute atomic E-state index is 15.0. The van der Waals surface area contributed by atoms with Crippen molar-refractivity contribution in [3.05, 3.63) is 89.0 Å². The number of nitrogens with two attached hydrogens (primary N) is 1. The lowest BCUT2D eigenvalue weighted by Crippen LogP contribution is -2.61. The van der Waals surface area contributed by atoms with E-state index in [1.165, 1.54) is 24.5 Å². The molecule has 0 saturated heterocycles. The van der Waals surface area contributed by atoms with Crippen molar-refractivity contribution in [1.82, 2.24) is 4.98 Å². The fraction of sp³-hybridized carbons (Fsp3) is 0.226. The molecule has 3 aromatic carbocycles. The highest BCUT2D eigenvalue weighted by molar-refractivity contribution is 7.91. The molecule has 0 bridgehead atoms. The summed E-state index contributed by atoms with van der Waals surface area (Å²) >= 11 is 0. The minimum absolute atomic E-state index is 0.0498. The number of nitrogens with one attached hydrogen (secondary N) is 2. The molecule has 0 amide bonds. The predicted molar refractivity (Wildman–Crippen MR) is 157 cm³/mol. The van der Waals surface area contributed by atoms with Gasteiger partial charge in [0.15, 0.2) is 33.4 Å². The van der Waals surface area contributed by atoms with Crippen LogP contribution in [0, 0.1) is 17.5 Å². The SMILES string of the molecule is C[C@@]1(/C(N)=C/C=[NH+]c2cc(Oc3c(F)c(F)c4[nH]ccc4c3S(C)(=O)=O)ccc2F)CCOc2c(CCC(=O)O)cccc21. The van der Waals surface area contributed by atoms with Crippen molar-refractivity contribution in [2.45, 2.75) is 36.5 Å². The maximum Gasteiger partial charge on any atom is 0.303 e. The number of benzene rings is 3. The minimum Gasteiger partial charge on any atom is -0.493 e. The smallest absolute Gasteiger partial charge is 0.303 e. The summed E-state index contributed by atoms with van der Waals surface area (Å²) in [7, 11) is -4.08. The van der Waals surface area contributed by atoms with Crippen LogP contribution in [0.15, 0.2) is 65.3 Å². The molecule has 1 aliphatic heterocycles. The van der Waals surface area contributed by atoms with Gasteiger partial charge >= 0.3 is 5.97 Å². The molecule has 1 aliphatic rings. The number of fused-ring (bicyclic) bond motifs is 2. The fourth-order valence-corrected chi connectivity index (χ4v) is 6.29. The van der Waals surface area contributed by atoms with Crippen LogP contribution >= 0.6 is 0 Å². The Morgan fingerprint density at radius 1 is 1.20 bits per heavy atom. The first-order valence-electron chi connectivity index (χ1n) is 13.5. The van der Waals surface area contributed by atoms with Crippen LogP contribution in [0.4, 0.5) is 18.9 Å². The van der Waals surface area contributed by atoms with Crippen molar-refractivity contribution in [1.29, 1.82) is 0 Å². The highest BCUT2D eigenvalue weighted by Gasteiger charge is 2.37. The van der Waals surface area contributed by atoms with Gasteiger partial charge in [0.1, 0.15) is 16.4 Å². The van der Waals surface area contributed by atoms with Gasteiger partial charge in [-0.1, -0.05) is 18.2 Å². The number of aliphatic carboxylic acids is 1. The van der Waals surface area contributed by atoms with Crippen LogP contribution in [0.5, 0.6) is 17.2 Å². The van der Waals surface area contributed by atoms with Gasteiger partial charge < -0.3 is 25.3 Å². The Hall–Kier alpha value is -4.78. The van der Waals surface area contributed by atoms with Gasteiger partial charge in [-0.2, -0.15) is 8.78 Å². The number of rotatable bonds is 9. The number of para-hydroxylation sites is 1. The number of hydrogen-bond donors (Lipinski definition) is 4. The van der Waals surface area contributed by atoms with Crippen LogP contribution in [-0.4, -0.2) is 43.6 Å². The molecule has 0 aliphatic carbocycles. The summed E-state index contributed by atoms with van der Waals surface area (Å²) in [4.78, 5) is 15.8. The number of aromatic amines is 1. The van der Waals surface area contributed by atoms with E-state index in [9.17, 15) is 22.0 Å². The number of ether oxygens (including phenoxy) is 2. The molecule has 0 spiro atoms. The standard InChI is InChI=1S/C31H28F3N3O6S/c1-31(12-15-42-28-17(6-9-24(38)39)4-3-5-20(28)31)23(35)11-14-36-22-16-18(7-8-21(22)32)43-29-26(34)25(33)27-19(10-13-37-27)30(29)44(2,40)41/h3-5,7-8,10-11,13-14,16,37H,6,9,12,15,35H2,1-2H3,(H,38,39)/p+1/b23-11-,36-14?/t31-/m1/s1. The van der Waals surface area contributed by atoms with E-state index in [1.807, 2.05) is 25.1 Å². The Morgan fingerprint density at radius 2 is 1.98 bits per heavy atom. The Labute approximate surface area is 250 Å². The lowest BCUT2D eigenvalue weighted by atomic mass is 9.74. The van der Waals surface area contributed by atoms with Crippen molar-refractivity contribution in [3.63, 3.8) is 0 Å². The summed E-state index contributed by atoms with van der Waals surface area (Å²) in [6, 6.07) is 10.1. The Kier molecular flexibility index (Phi) is 8.17. The molecule has 0 fully saturated rings. The average molecular weight is 629 g/mol. The van der Waals surface area contributed by atoms with Gasteiger partial charge in [-0.3, -0.25) is 4.79 Å². The van der Waals surface area contributed by atoms with E-state index in [1.54, 1.807) is 6.08 Å². The number of aromatic nitrogens is 1. The third-order valence-corrected chi connectivity index (χ3v) is 8.77. The molecule has 44 heavy (non-hydrogen) atoms. The molecule has 0 radical (unpaired) electrons. The lowest BCUT2D eigenvalue weighted by molar-refractivity contribution is -0.349. The topological polar surface area (TPSA) is 146 Å². The zero-order valence-electron chi connectivity index (χ0n) is 23.7. The van der Waals surface area contributed by atoms with E-state index < -0.39 is 49.3 Å². The van der Waals surface area contributed by atoms with Gasteiger partial charge in [-0.05, 0) is 43.5 Å². The molecule has 9 nitrogen and oxygen atoms in total. The molecule has 13 heteroatoms. The summed E-state index contributed by atoms with van der Waals surface area (Å²) in [5.74, 6) is -4.87. The van der Waals surface area contributed by atoms with E-state index in [-0.39, 0.29) is 28.8 Å². The monoisotopic (exact) mass is 628 g/mol. The first-order valence-corrected chi connectivity index (χ1v) is 15.4. The Bertz CT molecular complexity index is 1950. The number of allylic oxidation sites excluding steroid dienone is 2. The zero-order chi connectivity index (χ0) is 31.8. The molecule has 5 N–H and O–H groups in total. The van der Waals surface area contributed by atoms with Gasteiger partial charge in [-0.15, -0.1) is 0 Å². The first kappa shape index (κ1) is 30.7. The highest BCUT2D eigenvalue weighted by Crippen LogP contribution is 2.44. The fourth-order valence-electron chi connectivity index (χ4n) is 5.25. The minimum atomic E-state index is -4.08. The summed E-state index contributed by atoms with van der Waals surface area (Å²) in [5.41, 5.74) is 7.39. The molecule has 1 aromatic heterocycles. The molecular weight excluding hydrogens is 599 g/mol. The van der Waals surface area contributed by atoms with Crippen LogP contribution < -0.4 is 20.2 Å². The van der Waals surface area contributed by atoms with Gasteiger partial charge in [0, 0.05) is 47.0 Å². The van der Waals surface area contributed by atoms with Crippen molar-refractivity contribution in [2.24, 2.45) is 5.73 Å². The Balaban J connectivity index is 1.45. The van der Waals surface area contributed by atoms with Crippen molar-refractivity contribution in [3.8, 4) is 17.2 Å². The molecular formula is C31H29F3N3O6S+. The van der Waals surface area contributed by atoms with Gasteiger partial charge in [0.05, 0.1) is 18.2 Å². The second-order valence-corrected chi connectivity index (χ2v) is 12.6. The molecule has 5 rings (SSSR count). The summed E-state index contributed by atoms with van der Waals surface area (Å²) < 4.78 is 81.0. The summed E-state index contributed by atoms with van der Waals surface area (Å²) in [6.45, 7) is 2.28. The molecule has 0 unspecified atom stereocenters. The van der Waals surface area contributed by atoms with Crippen LogP contribution in [-0.2, 0) is 26.5 Å². The van der Waals surface area contributed by atoms with Crippen molar-refractivity contribution in [2.75, 3.05) is 12.9 Å². The zero-order valence-corrected chi connectivity index (χ0v) is 24.5. The third kappa shape index (κ3) is 5.74. The first-order chi connectivity index (χ1) is 20.8. The van der Waals surface area contributed by atoms with Gasteiger partial charge in [-0.25, -0.2) is 17.8 Å². The average Bonchev–Trinajstić information content (AvgIpc) is 3.45. The number of sulfone groups is 1. The van der Waals surface area contributed by atoms with Crippen molar-refractivity contribution >= 4 is 38.6 Å². The number of aryl methyl sites for hydroxylation is 1. The largest absolute Gasteiger partial charge is 0.493 e. The van der Waals surface area contributed by atoms with Crippen LogP contribution in [0.1, 0.15) is 30.9 Å². The van der Waals surface area contributed by atoms with Gasteiger partial charge in [0.2, 0.25) is 11.5 Å². The molecule has 2 heterocycles. The predicted octanol–water partition coefficient (Wildman–Crippen LogP) is 4.16. The number of carboxylic acid groups (broad SMARTS) is 1. The van der Waals surface area contributed by atoms with Crippen LogP contribution in [0.2, 0.25) is 0 Å². The van der Waals surface area contributed by atoms with E-state index in [2.05, 4.69) is 9.98 Å². The number of carboxylic acids is 1. The van der Waals surface area contributed by atoms with E-state index >= 15 is 4.39 Å². The number of hydrogen-bond acceptors (Lipinski definition) is 6. The number of halogens is 3. The van der Waals surface area contributed by atoms with Crippen LogP contribution in [0.25, 0.3) is 10.9 Å². The number of H-pyrrole nitrogens is 1. The second-order valence-electron chi connectivity index (χ2n) is 10.6. The maximum atomic E-state index is 15.0. The van der Waals surface area contributed by atoms with Crippen molar-refractivity contribution < 1.29 is 46.0 Å². The number of carbonyl (C=O) groups is 1. The summed E-state index contributed by atoms with van der Waals surface area (Å²) in [5, 5.41) is 9.01. The quantitative estimate of drug-likeness (QED) is 0.161. The van der Waals surface area contributed by atoms with E-state index in [4.69, 9.17) is 20.3 Å². The molecule has 0 saturated carbocycles.